The number of pyridine rings is 1. The highest BCUT2D eigenvalue weighted by atomic mass is 16.5. The van der Waals surface area contributed by atoms with Crippen molar-refractivity contribution in [1.29, 1.82) is 0 Å². The number of piperidine rings is 1. The van der Waals surface area contributed by atoms with Crippen molar-refractivity contribution in [3.05, 3.63) is 23.9 Å². The number of anilines is 1. The lowest BCUT2D eigenvalue weighted by atomic mass is 10.1. The van der Waals surface area contributed by atoms with E-state index in [9.17, 15) is 0 Å². The van der Waals surface area contributed by atoms with Gasteiger partial charge in [0.25, 0.3) is 0 Å². The molecule has 1 unspecified atom stereocenters. The van der Waals surface area contributed by atoms with Crippen LogP contribution in [0.2, 0.25) is 0 Å². The minimum Gasteiger partial charge on any atom is -0.376 e. The van der Waals surface area contributed by atoms with Crippen molar-refractivity contribution >= 4 is 11.8 Å². The highest BCUT2D eigenvalue weighted by molar-refractivity contribution is 5.79. The van der Waals surface area contributed by atoms with E-state index in [1.165, 1.54) is 6.42 Å². The van der Waals surface area contributed by atoms with Crippen LogP contribution in [-0.2, 0) is 16.0 Å². The second-order valence-electron chi connectivity index (χ2n) is 7.44. The smallest absolute Gasteiger partial charge is 0.193 e. The van der Waals surface area contributed by atoms with Gasteiger partial charge in [0.1, 0.15) is 5.82 Å². The van der Waals surface area contributed by atoms with E-state index >= 15 is 0 Å². The van der Waals surface area contributed by atoms with Crippen LogP contribution in [0.15, 0.2) is 23.2 Å². The number of aromatic nitrogens is 1. The lowest BCUT2D eigenvalue weighted by Crippen LogP contribution is -2.47. The summed E-state index contributed by atoms with van der Waals surface area (Å²) in [5, 5.41) is 3.45. The quantitative estimate of drug-likeness (QED) is 0.605. The van der Waals surface area contributed by atoms with Crippen LogP contribution >= 0.6 is 0 Å². The summed E-state index contributed by atoms with van der Waals surface area (Å²) in [7, 11) is 5.85. The standard InChI is InChI=1S/C20H33N5O2/c1-21-20(22-14-16-6-4-8-19(23-16)24(2)3)25-11-9-17(10-12-25)27-15-18-7-5-13-26-18/h4,6,8,17-18H,5,7,9-15H2,1-3H3,(H,21,22). The Morgan fingerprint density at radius 2 is 2.15 bits per heavy atom. The van der Waals surface area contributed by atoms with Crippen LogP contribution in [0.3, 0.4) is 0 Å². The predicted molar refractivity (Wildman–Crippen MR) is 108 cm³/mol. The topological polar surface area (TPSA) is 62.2 Å². The van der Waals surface area contributed by atoms with Crippen LogP contribution in [-0.4, -0.2) is 75.5 Å². The van der Waals surface area contributed by atoms with Crippen molar-refractivity contribution in [2.24, 2.45) is 4.99 Å². The molecule has 3 heterocycles. The minimum atomic E-state index is 0.308. The lowest BCUT2D eigenvalue weighted by molar-refractivity contribution is -0.0367. The van der Waals surface area contributed by atoms with Gasteiger partial charge in [0.2, 0.25) is 0 Å². The molecule has 0 saturated carbocycles. The lowest BCUT2D eigenvalue weighted by Gasteiger charge is -2.34. The van der Waals surface area contributed by atoms with Crippen molar-refractivity contribution in [3.8, 4) is 0 Å². The fourth-order valence-electron chi connectivity index (χ4n) is 3.57. The zero-order valence-corrected chi connectivity index (χ0v) is 16.9. The molecule has 0 amide bonds. The molecule has 1 aromatic rings. The number of nitrogens with one attached hydrogen (secondary N) is 1. The van der Waals surface area contributed by atoms with Crippen molar-refractivity contribution in [2.45, 2.75) is 44.4 Å². The first-order chi connectivity index (χ1) is 13.2. The van der Waals surface area contributed by atoms with Gasteiger partial charge in [0.05, 0.1) is 31.1 Å². The Hall–Kier alpha value is -1.86. The Morgan fingerprint density at radius 3 is 2.81 bits per heavy atom. The molecule has 1 N–H and O–H groups in total. The highest BCUT2D eigenvalue weighted by Gasteiger charge is 2.24. The van der Waals surface area contributed by atoms with Gasteiger partial charge in [-0.15, -0.1) is 0 Å². The van der Waals surface area contributed by atoms with E-state index in [2.05, 4.69) is 20.2 Å². The summed E-state index contributed by atoms with van der Waals surface area (Å²) < 4.78 is 11.7. The molecule has 27 heavy (non-hydrogen) atoms. The monoisotopic (exact) mass is 375 g/mol. The van der Waals surface area contributed by atoms with Gasteiger partial charge in [0.15, 0.2) is 5.96 Å². The van der Waals surface area contributed by atoms with E-state index in [1.807, 2.05) is 44.2 Å². The number of guanidine groups is 1. The molecule has 150 valence electrons. The molecule has 0 aromatic carbocycles. The van der Waals surface area contributed by atoms with Gasteiger partial charge in [-0.2, -0.15) is 0 Å². The number of likely N-dealkylation sites (tertiary alicyclic amines) is 1. The molecule has 0 spiro atoms. The molecule has 0 bridgehead atoms. The fraction of sp³-hybridized carbons (Fsp3) is 0.700. The first kappa shape index (κ1) is 19.9. The summed E-state index contributed by atoms with van der Waals surface area (Å²) in [6.45, 7) is 4.22. The molecule has 0 radical (unpaired) electrons. The van der Waals surface area contributed by atoms with Crippen LogP contribution in [0.1, 0.15) is 31.4 Å². The highest BCUT2D eigenvalue weighted by Crippen LogP contribution is 2.18. The molecule has 2 aliphatic heterocycles. The number of hydrogen-bond donors (Lipinski definition) is 1. The number of hydrogen-bond acceptors (Lipinski definition) is 5. The molecule has 2 aliphatic rings. The third-order valence-corrected chi connectivity index (χ3v) is 5.17. The maximum absolute atomic E-state index is 6.07. The van der Waals surface area contributed by atoms with E-state index in [1.54, 1.807) is 0 Å². The maximum atomic E-state index is 6.07. The first-order valence-corrected chi connectivity index (χ1v) is 9.98. The van der Waals surface area contributed by atoms with Gasteiger partial charge >= 0.3 is 0 Å². The zero-order chi connectivity index (χ0) is 19.1. The summed E-state index contributed by atoms with van der Waals surface area (Å²) in [4.78, 5) is 13.4. The Labute approximate surface area is 162 Å². The van der Waals surface area contributed by atoms with E-state index < -0.39 is 0 Å². The van der Waals surface area contributed by atoms with Crippen LogP contribution in [0.4, 0.5) is 5.82 Å². The molecule has 2 saturated heterocycles. The van der Waals surface area contributed by atoms with Gasteiger partial charge in [-0.05, 0) is 37.8 Å². The van der Waals surface area contributed by atoms with E-state index in [0.29, 0.717) is 18.8 Å². The minimum absolute atomic E-state index is 0.308. The Morgan fingerprint density at radius 1 is 1.33 bits per heavy atom. The van der Waals surface area contributed by atoms with Gasteiger partial charge < -0.3 is 24.6 Å². The van der Waals surface area contributed by atoms with Crippen LogP contribution < -0.4 is 10.2 Å². The number of ether oxygens (including phenoxy) is 2. The fourth-order valence-corrected chi connectivity index (χ4v) is 3.57. The molecule has 2 fully saturated rings. The van der Waals surface area contributed by atoms with E-state index in [0.717, 1.165) is 63.0 Å². The molecular weight excluding hydrogens is 342 g/mol. The van der Waals surface area contributed by atoms with Crippen LogP contribution in [0.5, 0.6) is 0 Å². The van der Waals surface area contributed by atoms with Gasteiger partial charge in [0, 0.05) is 40.8 Å². The van der Waals surface area contributed by atoms with Crippen molar-refractivity contribution < 1.29 is 9.47 Å². The third kappa shape index (κ3) is 5.81. The van der Waals surface area contributed by atoms with Gasteiger partial charge in [-0.1, -0.05) is 6.07 Å². The van der Waals surface area contributed by atoms with Gasteiger partial charge in [-0.3, -0.25) is 4.99 Å². The van der Waals surface area contributed by atoms with Gasteiger partial charge in [-0.25, -0.2) is 4.98 Å². The second-order valence-corrected chi connectivity index (χ2v) is 7.44. The third-order valence-electron chi connectivity index (χ3n) is 5.17. The second kappa shape index (κ2) is 9.90. The molecular formula is C20H33N5O2. The van der Waals surface area contributed by atoms with Crippen LogP contribution in [0, 0.1) is 0 Å². The SMILES string of the molecule is CN=C(NCc1cccc(N(C)C)n1)N1CCC(OCC2CCCO2)CC1. The first-order valence-electron chi connectivity index (χ1n) is 9.98. The Kier molecular flexibility index (Phi) is 7.29. The summed E-state index contributed by atoms with van der Waals surface area (Å²) >= 11 is 0. The predicted octanol–water partition coefficient (Wildman–Crippen LogP) is 1.88. The van der Waals surface area contributed by atoms with Crippen molar-refractivity contribution in [2.75, 3.05) is 52.3 Å². The summed E-state index contributed by atoms with van der Waals surface area (Å²) in [6.07, 6.45) is 5.01. The number of rotatable bonds is 6. The average molecular weight is 376 g/mol. The van der Waals surface area contributed by atoms with Crippen molar-refractivity contribution in [3.63, 3.8) is 0 Å². The Bertz CT molecular complexity index is 608. The maximum Gasteiger partial charge on any atom is 0.193 e. The number of nitrogens with zero attached hydrogens (tertiary/aromatic N) is 4. The van der Waals surface area contributed by atoms with Crippen molar-refractivity contribution in [1.82, 2.24) is 15.2 Å². The molecule has 3 rings (SSSR count). The average Bonchev–Trinajstić information content (AvgIpc) is 3.21. The summed E-state index contributed by atoms with van der Waals surface area (Å²) in [5.74, 6) is 1.90. The summed E-state index contributed by atoms with van der Waals surface area (Å²) in [5.41, 5.74) is 1.01. The van der Waals surface area contributed by atoms with Crippen LogP contribution in [0.25, 0.3) is 0 Å². The van der Waals surface area contributed by atoms with E-state index in [4.69, 9.17) is 9.47 Å². The molecule has 0 aliphatic carbocycles. The largest absolute Gasteiger partial charge is 0.376 e. The summed E-state index contributed by atoms with van der Waals surface area (Å²) in [6, 6.07) is 6.09. The number of aliphatic imine (C=N–C) groups is 1. The molecule has 7 heteroatoms. The van der Waals surface area contributed by atoms with E-state index in [-0.39, 0.29) is 0 Å². The normalized spacial score (nSPS) is 21.5. The molecule has 1 atom stereocenters. The molecule has 1 aromatic heterocycles. The zero-order valence-electron chi connectivity index (χ0n) is 16.9. The Balaban J connectivity index is 1.42. The molecule has 7 nitrogen and oxygen atoms in total.